The van der Waals surface area contributed by atoms with Gasteiger partial charge < -0.3 is 10.6 Å². The molecule has 2 N–H and O–H groups in total. The van der Waals surface area contributed by atoms with Crippen molar-refractivity contribution in [1.29, 1.82) is 0 Å². The molecule has 1 aliphatic rings. The molecule has 2 atom stereocenters. The van der Waals surface area contributed by atoms with Crippen molar-refractivity contribution in [3.63, 3.8) is 0 Å². The standard InChI is InChI=1S/C13H28N2/c1-3-5-13-6-4-9-15(11-8-13)10-7-12(2)14/h12-13H,3-11,14H2,1-2H3. The van der Waals surface area contributed by atoms with E-state index in [-0.39, 0.29) is 0 Å². The van der Waals surface area contributed by atoms with Gasteiger partial charge in [0.25, 0.3) is 0 Å². The molecule has 1 rings (SSSR count). The van der Waals surface area contributed by atoms with E-state index < -0.39 is 0 Å². The predicted molar refractivity (Wildman–Crippen MR) is 67.0 cm³/mol. The molecule has 1 fully saturated rings. The van der Waals surface area contributed by atoms with Gasteiger partial charge in [0.15, 0.2) is 0 Å². The van der Waals surface area contributed by atoms with Crippen molar-refractivity contribution in [3.05, 3.63) is 0 Å². The highest BCUT2D eigenvalue weighted by molar-refractivity contribution is 4.71. The summed E-state index contributed by atoms with van der Waals surface area (Å²) < 4.78 is 0. The fourth-order valence-corrected chi connectivity index (χ4v) is 2.53. The van der Waals surface area contributed by atoms with Crippen LogP contribution < -0.4 is 5.73 Å². The maximum Gasteiger partial charge on any atom is 0.00226 e. The van der Waals surface area contributed by atoms with E-state index in [1.165, 1.54) is 51.7 Å². The second-order valence-corrected chi connectivity index (χ2v) is 5.19. The first kappa shape index (κ1) is 13.0. The average Bonchev–Trinajstić information content (AvgIpc) is 2.41. The molecule has 0 radical (unpaired) electrons. The van der Waals surface area contributed by atoms with E-state index in [0.29, 0.717) is 6.04 Å². The minimum Gasteiger partial charge on any atom is -0.328 e. The van der Waals surface area contributed by atoms with Crippen LogP contribution in [-0.4, -0.2) is 30.6 Å². The van der Waals surface area contributed by atoms with Crippen LogP contribution in [0.2, 0.25) is 0 Å². The van der Waals surface area contributed by atoms with Gasteiger partial charge in [0.1, 0.15) is 0 Å². The van der Waals surface area contributed by atoms with Crippen molar-refractivity contribution in [2.24, 2.45) is 11.7 Å². The molecule has 0 aromatic rings. The normalized spacial score (nSPS) is 26.2. The summed E-state index contributed by atoms with van der Waals surface area (Å²) in [4.78, 5) is 2.61. The van der Waals surface area contributed by atoms with E-state index in [0.717, 1.165) is 12.3 Å². The summed E-state index contributed by atoms with van der Waals surface area (Å²) in [6.07, 6.45) is 8.18. The van der Waals surface area contributed by atoms with Gasteiger partial charge in [-0.25, -0.2) is 0 Å². The van der Waals surface area contributed by atoms with Crippen molar-refractivity contribution in [2.75, 3.05) is 19.6 Å². The molecular formula is C13H28N2. The number of likely N-dealkylation sites (tertiary alicyclic amines) is 1. The minimum atomic E-state index is 0.361. The van der Waals surface area contributed by atoms with E-state index in [9.17, 15) is 0 Å². The van der Waals surface area contributed by atoms with Gasteiger partial charge >= 0.3 is 0 Å². The quantitative estimate of drug-likeness (QED) is 0.759. The summed E-state index contributed by atoms with van der Waals surface area (Å²) in [5.74, 6) is 0.996. The molecule has 1 heterocycles. The second-order valence-electron chi connectivity index (χ2n) is 5.19. The summed E-state index contributed by atoms with van der Waals surface area (Å²) in [5.41, 5.74) is 5.80. The fraction of sp³-hybridized carbons (Fsp3) is 1.00. The van der Waals surface area contributed by atoms with Crippen LogP contribution in [0.4, 0.5) is 0 Å². The molecular weight excluding hydrogens is 184 g/mol. The predicted octanol–water partition coefficient (Wildman–Crippen LogP) is 2.63. The molecule has 0 spiro atoms. The third kappa shape index (κ3) is 5.53. The van der Waals surface area contributed by atoms with E-state index in [1.54, 1.807) is 0 Å². The molecule has 1 aliphatic heterocycles. The van der Waals surface area contributed by atoms with Crippen LogP contribution in [0.3, 0.4) is 0 Å². The van der Waals surface area contributed by atoms with Crippen LogP contribution in [0.1, 0.15) is 52.4 Å². The summed E-state index contributed by atoms with van der Waals surface area (Å²) in [7, 11) is 0. The zero-order chi connectivity index (χ0) is 11.1. The largest absolute Gasteiger partial charge is 0.328 e. The third-order valence-electron chi connectivity index (χ3n) is 3.54. The lowest BCUT2D eigenvalue weighted by molar-refractivity contribution is 0.270. The van der Waals surface area contributed by atoms with E-state index >= 15 is 0 Å². The Morgan fingerprint density at radius 3 is 2.80 bits per heavy atom. The highest BCUT2D eigenvalue weighted by atomic mass is 15.1. The van der Waals surface area contributed by atoms with Gasteiger partial charge in [-0.2, -0.15) is 0 Å². The third-order valence-corrected chi connectivity index (χ3v) is 3.54. The molecule has 90 valence electrons. The number of rotatable bonds is 5. The lowest BCUT2D eigenvalue weighted by Gasteiger charge is -2.21. The van der Waals surface area contributed by atoms with Crippen molar-refractivity contribution in [1.82, 2.24) is 4.90 Å². The highest BCUT2D eigenvalue weighted by Gasteiger charge is 2.16. The molecule has 0 aromatic carbocycles. The summed E-state index contributed by atoms with van der Waals surface area (Å²) in [6.45, 7) is 8.22. The molecule has 0 aromatic heterocycles. The van der Waals surface area contributed by atoms with Crippen LogP contribution in [0.25, 0.3) is 0 Å². The zero-order valence-electron chi connectivity index (χ0n) is 10.5. The Morgan fingerprint density at radius 1 is 1.33 bits per heavy atom. The van der Waals surface area contributed by atoms with Crippen molar-refractivity contribution < 1.29 is 0 Å². The lowest BCUT2D eigenvalue weighted by atomic mass is 9.96. The Bertz CT molecular complexity index is 157. The molecule has 0 bridgehead atoms. The van der Waals surface area contributed by atoms with Gasteiger partial charge in [-0.1, -0.05) is 19.8 Å². The molecule has 0 saturated carbocycles. The molecule has 2 heteroatoms. The highest BCUT2D eigenvalue weighted by Crippen LogP contribution is 2.21. The van der Waals surface area contributed by atoms with Crippen LogP contribution in [0.15, 0.2) is 0 Å². The SMILES string of the molecule is CCCC1CCCN(CCC(C)N)CC1. The molecule has 15 heavy (non-hydrogen) atoms. The van der Waals surface area contributed by atoms with Gasteiger partial charge in [0, 0.05) is 6.04 Å². The van der Waals surface area contributed by atoms with Crippen LogP contribution >= 0.6 is 0 Å². The van der Waals surface area contributed by atoms with E-state index in [4.69, 9.17) is 5.73 Å². The molecule has 0 amide bonds. The first-order chi connectivity index (χ1) is 7.22. The smallest absolute Gasteiger partial charge is 0.00226 e. The van der Waals surface area contributed by atoms with Gasteiger partial charge in [-0.3, -0.25) is 0 Å². The maximum atomic E-state index is 5.80. The van der Waals surface area contributed by atoms with Gasteiger partial charge in [-0.15, -0.1) is 0 Å². The van der Waals surface area contributed by atoms with Crippen molar-refractivity contribution in [2.45, 2.75) is 58.4 Å². The fourth-order valence-electron chi connectivity index (χ4n) is 2.53. The second kappa shape index (κ2) is 7.24. The first-order valence-corrected chi connectivity index (χ1v) is 6.70. The molecule has 1 saturated heterocycles. The Hall–Kier alpha value is -0.0800. The van der Waals surface area contributed by atoms with E-state index in [2.05, 4.69) is 18.7 Å². The summed E-state index contributed by atoms with van der Waals surface area (Å²) in [5, 5.41) is 0. The number of nitrogens with two attached hydrogens (primary N) is 1. The zero-order valence-corrected chi connectivity index (χ0v) is 10.5. The Kier molecular flexibility index (Phi) is 6.26. The van der Waals surface area contributed by atoms with Crippen molar-refractivity contribution in [3.8, 4) is 0 Å². The number of hydrogen-bond donors (Lipinski definition) is 1. The summed E-state index contributed by atoms with van der Waals surface area (Å²) in [6, 6.07) is 0.361. The molecule has 0 aliphatic carbocycles. The monoisotopic (exact) mass is 212 g/mol. The van der Waals surface area contributed by atoms with Crippen LogP contribution in [0, 0.1) is 5.92 Å². The number of nitrogens with zero attached hydrogens (tertiary/aromatic N) is 1. The molecule has 2 unspecified atom stereocenters. The van der Waals surface area contributed by atoms with E-state index in [1.807, 2.05) is 0 Å². The van der Waals surface area contributed by atoms with Gasteiger partial charge in [0.2, 0.25) is 0 Å². The van der Waals surface area contributed by atoms with Crippen molar-refractivity contribution >= 4 is 0 Å². The maximum absolute atomic E-state index is 5.80. The van der Waals surface area contributed by atoms with Crippen LogP contribution in [0.5, 0.6) is 0 Å². The average molecular weight is 212 g/mol. The Labute approximate surface area is 95.2 Å². The van der Waals surface area contributed by atoms with Gasteiger partial charge in [-0.05, 0) is 58.2 Å². The first-order valence-electron chi connectivity index (χ1n) is 6.70. The van der Waals surface area contributed by atoms with Crippen LogP contribution in [-0.2, 0) is 0 Å². The van der Waals surface area contributed by atoms with Gasteiger partial charge in [0.05, 0.1) is 0 Å². The topological polar surface area (TPSA) is 29.3 Å². The molecule has 2 nitrogen and oxygen atoms in total. The summed E-state index contributed by atoms with van der Waals surface area (Å²) >= 11 is 0. The minimum absolute atomic E-state index is 0.361. The Morgan fingerprint density at radius 2 is 2.13 bits per heavy atom. The Balaban J connectivity index is 2.20. The lowest BCUT2D eigenvalue weighted by Crippen LogP contribution is -2.30. The number of hydrogen-bond acceptors (Lipinski definition) is 2.